The molecular weight excluding hydrogens is 330 g/mol. The molecule has 1 heterocycles. The van der Waals surface area contributed by atoms with Gasteiger partial charge in [-0.3, -0.25) is 4.79 Å². The van der Waals surface area contributed by atoms with Crippen molar-refractivity contribution in [1.82, 2.24) is 4.98 Å². The molecular formula is C21H21NO4. The van der Waals surface area contributed by atoms with Crippen molar-refractivity contribution in [2.24, 2.45) is 0 Å². The lowest BCUT2D eigenvalue weighted by molar-refractivity contribution is -0.136. The fourth-order valence-electron chi connectivity index (χ4n) is 2.74. The van der Waals surface area contributed by atoms with E-state index in [1.807, 2.05) is 43.3 Å². The first-order valence-electron chi connectivity index (χ1n) is 8.63. The lowest BCUT2D eigenvalue weighted by Gasteiger charge is -2.07. The molecule has 0 saturated carbocycles. The first kappa shape index (κ1) is 17.7. The molecule has 0 radical (unpaired) electrons. The van der Waals surface area contributed by atoms with E-state index in [1.54, 1.807) is 18.2 Å². The summed E-state index contributed by atoms with van der Waals surface area (Å²) in [5, 5.41) is 8.88. The highest BCUT2D eigenvalue weighted by molar-refractivity contribution is 5.70. The predicted molar refractivity (Wildman–Crippen MR) is 98.3 cm³/mol. The average molecular weight is 351 g/mol. The Morgan fingerprint density at radius 1 is 1.15 bits per heavy atom. The summed E-state index contributed by atoms with van der Waals surface area (Å²) in [7, 11) is 0. The SMILES string of the molecule is CCc1oc(-c2ccccc2)nc1CCOc1cccc(CC(=O)O)c1. The number of carboxylic acid groups (broad SMARTS) is 1. The van der Waals surface area contributed by atoms with Gasteiger partial charge in [0, 0.05) is 18.4 Å². The molecule has 0 aliphatic heterocycles. The molecule has 0 unspecified atom stereocenters. The minimum absolute atomic E-state index is 0.0130. The molecule has 0 aliphatic rings. The van der Waals surface area contributed by atoms with Crippen LogP contribution in [0, 0.1) is 0 Å². The summed E-state index contributed by atoms with van der Waals surface area (Å²) < 4.78 is 11.7. The third kappa shape index (κ3) is 4.51. The van der Waals surface area contributed by atoms with Crippen molar-refractivity contribution in [3.8, 4) is 17.2 Å². The van der Waals surface area contributed by atoms with E-state index in [0.717, 1.165) is 29.0 Å². The Morgan fingerprint density at radius 3 is 2.69 bits per heavy atom. The average Bonchev–Trinajstić information content (AvgIpc) is 3.05. The smallest absolute Gasteiger partial charge is 0.307 e. The van der Waals surface area contributed by atoms with E-state index in [4.69, 9.17) is 14.3 Å². The van der Waals surface area contributed by atoms with Crippen molar-refractivity contribution in [1.29, 1.82) is 0 Å². The molecule has 5 nitrogen and oxygen atoms in total. The van der Waals surface area contributed by atoms with Gasteiger partial charge in [-0.1, -0.05) is 37.3 Å². The quantitative estimate of drug-likeness (QED) is 0.660. The number of aryl methyl sites for hydroxylation is 1. The molecule has 0 saturated heterocycles. The monoisotopic (exact) mass is 351 g/mol. The summed E-state index contributed by atoms with van der Waals surface area (Å²) >= 11 is 0. The van der Waals surface area contributed by atoms with Crippen LogP contribution in [0.2, 0.25) is 0 Å². The summed E-state index contributed by atoms with van der Waals surface area (Å²) in [6.07, 6.45) is 1.38. The second-order valence-corrected chi connectivity index (χ2v) is 5.92. The zero-order chi connectivity index (χ0) is 18.4. The Kier molecular flexibility index (Phi) is 5.69. The number of benzene rings is 2. The Morgan fingerprint density at radius 2 is 1.96 bits per heavy atom. The maximum Gasteiger partial charge on any atom is 0.307 e. The Balaban J connectivity index is 1.65. The molecule has 2 aromatic carbocycles. The van der Waals surface area contributed by atoms with Gasteiger partial charge in [0.05, 0.1) is 18.7 Å². The minimum Gasteiger partial charge on any atom is -0.493 e. The fraction of sp³-hybridized carbons (Fsp3) is 0.238. The van der Waals surface area contributed by atoms with Gasteiger partial charge < -0.3 is 14.3 Å². The number of ether oxygens (including phenoxy) is 1. The van der Waals surface area contributed by atoms with Gasteiger partial charge >= 0.3 is 5.97 Å². The van der Waals surface area contributed by atoms with Crippen LogP contribution < -0.4 is 4.74 Å². The number of carbonyl (C=O) groups is 1. The molecule has 0 aliphatic carbocycles. The first-order valence-corrected chi connectivity index (χ1v) is 8.63. The van der Waals surface area contributed by atoms with E-state index >= 15 is 0 Å². The molecule has 134 valence electrons. The third-order valence-electron chi connectivity index (χ3n) is 3.98. The van der Waals surface area contributed by atoms with Gasteiger partial charge in [0.15, 0.2) is 0 Å². The van der Waals surface area contributed by atoms with Gasteiger partial charge in [0.1, 0.15) is 11.5 Å². The molecule has 1 aromatic heterocycles. The van der Waals surface area contributed by atoms with E-state index in [9.17, 15) is 4.79 Å². The molecule has 0 atom stereocenters. The molecule has 1 N–H and O–H groups in total. The van der Waals surface area contributed by atoms with E-state index in [1.165, 1.54) is 0 Å². The molecule has 0 amide bonds. The van der Waals surface area contributed by atoms with Crippen LogP contribution in [-0.2, 0) is 24.1 Å². The lowest BCUT2D eigenvalue weighted by Crippen LogP contribution is -2.04. The summed E-state index contributed by atoms with van der Waals surface area (Å²) in [5.41, 5.74) is 2.57. The van der Waals surface area contributed by atoms with Crippen molar-refractivity contribution >= 4 is 5.97 Å². The summed E-state index contributed by atoms with van der Waals surface area (Å²) in [4.78, 5) is 15.4. The second-order valence-electron chi connectivity index (χ2n) is 5.92. The van der Waals surface area contributed by atoms with Crippen LogP contribution in [0.5, 0.6) is 5.75 Å². The summed E-state index contributed by atoms with van der Waals surface area (Å²) in [6, 6.07) is 17.0. The van der Waals surface area contributed by atoms with Crippen LogP contribution in [0.15, 0.2) is 59.0 Å². The van der Waals surface area contributed by atoms with Gasteiger partial charge in [-0.15, -0.1) is 0 Å². The van der Waals surface area contributed by atoms with E-state index in [0.29, 0.717) is 24.7 Å². The summed E-state index contributed by atoms with van der Waals surface area (Å²) in [5.74, 6) is 1.30. The van der Waals surface area contributed by atoms with Crippen LogP contribution in [0.4, 0.5) is 0 Å². The van der Waals surface area contributed by atoms with Crippen molar-refractivity contribution in [2.75, 3.05) is 6.61 Å². The number of rotatable bonds is 8. The van der Waals surface area contributed by atoms with Crippen molar-refractivity contribution < 1.29 is 19.1 Å². The van der Waals surface area contributed by atoms with Crippen LogP contribution >= 0.6 is 0 Å². The molecule has 3 rings (SSSR count). The number of carboxylic acids is 1. The highest BCUT2D eigenvalue weighted by Crippen LogP contribution is 2.23. The Bertz CT molecular complexity index is 871. The number of hydrogen-bond donors (Lipinski definition) is 1. The zero-order valence-electron chi connectivity index (χ0n) is 14.6. The molecule has 0 fully saturated rings. The fourth-order valence-corrected chi connectivity index (χ4v) is 2.74. The zero-order valence-corrected chi connectivity index (χ0v) is 14.6. The van der Waals surface area contributed by atoms with Gasteiger partial charge in [0.2, 0.25) is 5.89 Å². The molecule has 26 heavy (non-hydrogen) atoms. The number of nitrogens with zero attached hydrogens (tertiary/aromatic N) is 1. The Labute approximate surface area is 152 Å². The molecule has 3 aromatic rings. The van der Waals surface area contributed by atoms with Gasteiger partial charge in [0.25, 0.3) is 0 Å². The minimum atomic E-state index is -0.856. The largest absolute Gasteiger partial charge is 0.493 e. The highest BCUT2D eigenvalue weighted by atomic mass is 16.5. The topological polar surface area (TPSA) is 72.6 Å². The lowest BCUT2D eigenvalue weighted by atomic mass is 10.1. The maximum absolute atomic E-state index is 10.8. The van der Waals surface area contributed by atoms with E-state index in [-0.39, 0.29) is 6.42 Å². The molecule has 0 bridgehead atoms. The van der Waals surface area contributed by atoms with Gasteiger partial charge in [-0.05, 0) is 29.8 Å². The van der Waals surface area contributed by atoms with E-state index in [2.05, 4.69) is 4.98 Å². The number of hydrogen-bond acceptors (Lipinski definition) is 4. The van der Waals surface area contributed by atoms with Crippen molar-refractivity contribution in [3.05, 3.63) is 71.6 Å². The van der Waals surface area contributed by atoms with Crippen LogP contribution in [0.1, 0.15) is 23.9 Å². The first-order chi connectivity index (χ1) is 12.7. The molecule has 0 spiro atoms. The molecule has 5 heteroatoms. The Hall–Kier alpha value is -3.08. The normalized spacial score (nSPS) is 10.7. The van der Waals surface area contributed by atoms with Crippen molar-refractivity contribution in [3.63, 3.8) is 0 Å². The number of oxazole rings is 1. The maximum atomic E-state index is 10.8. The predicted octanol–water partition coefficient (Wildman–Crippen LogP) is 4.15. The number of aliphatic carboxylic acids is 1. The highest BCUT2D eigenvalue weighted by Gasteiger charge is 2.13. The van der Waals surface area contributed by atoms with Crippen LogP contribution in [0.25, 0.3) is 11.5 Å². The standard InChI is InChI=1S/C21H21NO4/c1-2-19-18(22-21(26-19)16-8-4-3-5-9-16)11-12-25-17-10-6-7-15(13-17)14-20(23)24/h3-10,13H,2,11-12,14H2,1H3,(H,23,24). The van der Waals surface area contributed by atoms with Crippen LogP contribution in [-0.4, -0.2) is 22.7 Å². The second kappa shape index (κ2) is 8.34. The summed E-state index contributed by atoms with van der Waals surface area (Å²) in [6.45, 7) is 2.49. The van der Waals surface area contributed by atoms with E-state index < -0.39 is 5.97 Å². The third-order valence-corrected chi connectivity index (χ3v) is 3.98. The van der Waals surface area contributed by atoms with Gasteiger partial charge in [-0.25, -0.2) is 4.98 Å². The van der Waals surface area contributed by atoms with Crippen LogP contribution in [0.3, 0.4) is 0 Å². The van der Waals surface area contributed by atoms with Crippen molar-refractivity contribution in [2.45, 2.75) is 26.2 Å². The number of aromatic nitrogens is 1. The van der Waals surface area contributed by atoms with Gasteiger partial charge in [-0.2, -0.15) is 0 Å².